The third kappa shape index (κ3) is 3.71. The molecule has 0 radical (unpaired) electrons. The van der Waals surface area contributed by atoms with E-state index in [4.69, 9.17) is 0 Å². The summed E-state index contributed by atoms with van der Waals surface area (Å²) < 4.78 is 0. The van der Waals surface area contributed by atoms with E-state index in [-0.39, 0.29) is 23.3 Å². The molecule has 1 amide bonds. The third-order valence-electron chi connectivity index (χ3n) is 4.58. The van der Waals surface area contributed by atoms with Crippen molar-refractivity contribution in [3.63, 3.8) is 0 Å². The quantitative estimate of drug-likeness (QED) is 0.857. The smallest absolute Gasteiger partial charge is 0.307 e. The maximum Gasteiger partial charge on any atom is 0.307 e. The van der Waals surface area contributed by atoms with Gasteiger partial charge in [-0.25, -0.2) is 0 Å². The van der Waals surface area contributed by atoms with Gasteiger partial charge in [0.15, 0.2) is 0 Å². The lowest BCUT2D eigenvalue weighted by Gasteiger charge is -2.39. The van der Waals surface area contributed by atoms with Gasteiger partial charge in [0.05, 0.1) is 11.8 Å². The summed E-state index contributed by atoms with van der Waals surface area (Å²) in [5.74, 6) is -1.68. The number of carboxylic acid groups (broad SMARTS) is 1. The fourth-order valence-corrected chi connectivity index (χ4v) is 2.76. The first-order valence-corrected chi connectivity index (χ1v) is 7.15. The van der Waals surface area contributed by atoms with E-state index in [1.54, 1.807) is 11.9 Å². The first-order valence-electron chi connectivity index (χ1n) is 7.15. The molecular formula is C15H27NO3. The molecule has 1 rings (SSSR count). The van der Waals surface area contributed by atoms with Crippen molar-refractivity contribution in [2.24, 2.45) is 17.3 Å². The molecule has 0 aromatic carbocycles. The maximum atomic E-state index is 12.6. The van der Waals surface area contributed by atoms with Crippen LogP contribution in [0.3, 0.4) is 0 Å². The van der Waals surface area contributed by atoms with Gasteiger partial charge in [0.1, 0.15) is 0 Å². The van der Waals surface area contributed by atoms with Gasteiger partial charge in [-0.3, -0.25) is 9.59 Å². The molecule has 3 atom stereocenters. The van der Waals surface area contributed by atoms with E-state index in [9.17, 15) is 14.7 Å². The van der Waals surface area contributed by atoms with Crippen molar-refractivity contribution in [3.05, 3.63) is 0 Å². The predicted octanol–water partition coefficient (Wildman–Crippen LogP) is 2.77. The highest BCUT2D eigenvalue weighted by Crippen LogP contribution is 2.33. The van der Waals surface area contributed by atoms with Gasteiger partial charge in [-0.15, -0.1) is 0 Å². The monoisotopic (exact) mass is 269 g/mol. The minimum atomic E-state index is -0.824. The first kappa shape index (κ1) is 16.0. The van der Waals surface area contributed by atoms with Gasteiger partial charge in [0, 0.05) is 13.1 Å². The highest BCUT2D eigenvalue weighted by Gasteiger charge is 2.39. The van der Waals surface area contributed by atoms with Gasteiger partial charge in [-0.1, -0.05) is 33.6 Å². The molecule has 0 aromatic rings. The van der Waals surface area contributed by atoms with Crippen LogP contribution in [0.5, 0.6) is 0 Å². The van der Waals surface area contributed by atoms with E-state index in [2.05, 4.69) is 20.8 Å². The zero-order chi connectivity index (χ0) is 14.8. The fourth-order valence-electron chi connectivity index (χ4n) is 2.76. The Labute approximate surface area is 116 Å². The van der Waals surface area contributed by atoms with Crippen LogP contribution in [0.1, 0.15) is 53.4 Å². The number of hydrogen-bond acceptors (Lipinski definition) is 2. The molecule has 0 spiro atoms. The number of nitrogens with zero attached hydrogens (tertiary/aromatic N) is 1. The lowest BCUT2D eigenvalue weighted by molar-refractivity contribution is -0.153. The summed E-state index contributed by atoms with van der Waals surface area (Å²) >= 11 is 0. The van der Waals surface area contributed by atoms with E-state index in [1.807, 2.05) is 6.92 Å². The van der Waals surface area contributed by atoms with Gasteiger partial charge in [0.25, 0.3) is 0 Å². The minimum Gasteiger partial charge on any atom is -0.481 e. The van der Waals surface area contributed by atoms with Gasteiger partial charge in [-0.05, 0) is 25.2 Å². The largest absolute Gasteiger partial charge is 0.481 e. The molecule has 1 aliphatic carbocycles. The van der Waals surface area contributed by atoms with Crippen molar-refractivity contribution in [3.8, 4) is 0 Å². The van der Waals surface area contributed by atoms with Crippen molar-refractivity contribution in [2.75, 3.05) is 7.05 Å². The van der Waals surface area contributed by atoms with Crippen molar-refractivity contribution in [2.45, 2.75) is 59.4 Å². The lowest BCUT2D eigenvalue weighted by Crippen LogP contribution is -2.48. The fraction of sp³-hybridized carbons (Fsp3) is 0.867. The molecule has 110 valence electrons. The number of carbonyl (C=O) groups is 2. The van der Waals surface area contributed by atoms with Crippen LogP contribution in [0.15, 0.2) is 0 Å². The van der Waals surface area contributed by atoms with E-state index < -0.39 is 11.9 Å². The number of carboxylic acids is 1. The first-order chi connectivity index (χ1) is 8.66. The SMILES string of the molecule is CC(N(C)C(=O)[C@@H]1CCCC[C@@H]1C(=O)O)C(C)(C)C. The van der Waals surface area contributed by atoms with Crippen molar-refractivity contribution < 1.29 is 14.7 Å². The Morgan fingerprint density at radius 2 is 1.63 bits per heavy atom. The number of carbonyl (C=O) groups excluding carboxylic acids is 1. The summed E-state index contributed by atoms with van der Waals surface area (Å²) in [4.78, 5) is 25.6. The second-order valence-corrected chi connectivity index (χ2v) is 6.83. The molecule has 1 saturated carbocycles. The second kappa shape index (κ2) is 5.93. The Hall–Kier alpha value is -1.06. The maximum absolute atomic E-state index is 12.6. The molecule has 4 nitrogen and oxygen atoms in total. The van der Waals surface area contributed by atoms with Crippen LogP contribution in [0, 0.1) is 17.3 Å². The zero-order valence-electron chi connectivity index (χ0n) is 12.8. The Morgan fingerprint density at radius 1 is 1.16 bits per heavy atom. The Balaban J connectivity index is 2.82. The van der Waals surface area contributed by atoms with Crippen LogP contribution >= 0.6 is 0 Å². The lowest BCUT2D eigenvalue weighted by atomic mass is 9.77. The average Bonchev–Trinajstić information content (AvgIpc) is 2.34. The average molecular weight is 269 g/mol. The molecule has 0 aromatic heterocycles. The molecule has 0 saturated heterocycles. The summed E-state index contributed by atoms with van der Waals surface area (Å²) in [6, 6.07) is 0.0939. The highest BCUT2D eigenvalue weighted by molar-refractivity contribution is 5.85. The summed E-state index contributed by atoms with van der Waals surface area (Å²) in [6.07, 6.45) is 3.21. The minimum absolute atomic E-state index is 0.00219. The van der Waals surface area contributed by atoms with Crippen LogP contribution in [0.25, 0.3) is 0 Å². The number of hydrogen-bond donors (Lipinski definition) is 1. The van der Waals surface area contributed by atoms with Crippen LogP contribution < -0.4 is 0 Å². The van der Waals surface area contributed by atoms with Gasteiger partial charge >= 0.3 is 5.97 Å². The molecule has 1 fully saturated rings. The number of amides is 1. The molecule has 1 unspecified atom stereocenters. The molecular weight excluding hydrogens is 242 g/mol. The molecule has 19 heavy (non-hydrogen) atoms. The summed E-state index contributed by atoms with van der Waals surface area (Å²) in [6.45, 7) is 8.31. The molecule has 0 bridgehead atoms. The van der Waals surface area contributed by atoms with Crippen molar-refractivity contribution in [1.82, 2.24) is 4.90 Å². The normalized spacial score (nSPS) is 25.7. The predicted molar refractivity (Wildman–Crippen MR) is 74.8 cm³/mol. The third-order valence-corrected chi connectivity index (χ3v) is 4.58. The van der Waals surface area contributed by atoms with Gasteiger partial charge < -0.3 is 10.0 Å². The van der Waals surface area contributed by atoms with E-state index in [1.165, 1.54) is 0 Å². The van der Waals surface area contributed by atoms with Crippen molar-refractivity contribution >= 4 is 11.9 Å². The van der Waals surface area contributed by atoms with E-state index in [0.29, 0.717) is 12.8 Å². The number of rotatable bonds is 3. The Bertz CT molecular complexity index is 346. The van der Waals surface area contributed by atoms with Crippen molar-refractivity contribution in [1.29, 1.82) is 0 Å². The Kier molecular flexibility index (Phi) is 4.99. The van der Waals surface area contributed by atoms with Crippen LogP contribution in [-0.2, 0) is 9.59 Å². The standard InChI is InChI=1S/C15H27NO3/c1-10(15(2,3)4)16(5)13(17)11-8-6-7-9-12(11)14(18)19/h10-12H,6-9H2,1-5H3,(H,18,19)/t10?,11-,12+/m1/s1. The summed E-state index contributed by atoms with van der Waals surface area (Å²) in [5.41, 5.74) is -0.00219. The summed E-state index contributed by atoms with van der Waals surface area (Å²) in [7, 11) is 1.80. The molecule has 0 aliphatic heterocycles. The highest BCUT2D eigenvalue weighted by atomic mass is 16.4. The number of aliphatic carboxylic acids is 1. The molecule has 0 heterocycles. The molecule has 1 aliphatic rings. The van der Waals surface area contributed by atoms with Crippen LogP contribution in [-0.4, -0.2) is 35.0 Å². The summed E-state index contributed by atoms with van der Waals surface area (Å²) in [5, 5.41) is 9.27. The zero-order valence-corrected chi connectivity index (χ0v) is 12.8. The van der Waals surface area contributed by atoms with E-state index >= 15 is 0 Å². The topological polar surface area (TPSA) is 57.6 Å². The Morgan fingerprint density at radius 3 is 2.05 bits per heavy atom. The molecule has 1 N–H and O–H groups in total. The van der Waals surface area contributed by atoms with Gasteiger partial charge in [0.2, 0.25) is 5.91 Å². The second-order valence-electron chi connectivity index (χ2n) is 6.83. The van der Waals surface area contributed by atoms with Gasteiger partial charge in [-0.2, -0.15) is 0 Å². The van der Waals surface area contributed by atoms with Crippen LogP contribution in [0.4, 0.5) is 0 Å². The van der Waals surface area contributed by atoms with E-state index in [0.717, 1.165) is 12.8 Å². The van der Waals surface area contributed by atoms with Crippen LogP contribution in [0.2, 0.25) is 0 Å². The molecule has 4 heteroatoms.